The smallest absolute Gasteiger partial charge is 0.331 e. The lowest BCUT2D eigenvalue weighted by Gasteiger charge is -2.34. The van der Waals surface area contributed by atoms with Gasteiger partial charge in [-0.15, -0.1) is 0 Å². The third kappa shape index (κ3) is 6.45. The molecule has 0 bridgehead atoms. The number of rotatable bonds is 12. The Balaban J connectivity index is 1.72. The van der Waals surface area contributed by atoms with Crippen molar-refractivity contribution in [3.8, 4) is 51.7 Å². The van der Waals surface area contributed by atoms with Gasteiger partial charge < -0.3 is 47.4 Å². The van der Waals surface area contributed by atoms with Gasteiger partial charge in [0.1, 0.15) is 23.4 Å². The minimum absolute atomic E-state index is 0.299. The molecule has 0 spiro atoms. The first-order chi connectivity index (χ1) is 20.8. The van der Waals surface area contributed by atoms with Gasteiger partial charge in [0.15, 0.2) is 29.1 Å². The number of carbonyl (C=O) groups is 1. The van der Waals surface area contributed by atoms with E-state index in [9.17, 15) is 4.79 Å². The molecule has 1 aliphatic heterocycles. The molecule has 0 aliphatic carbocycles. The highest BCUT2D eigenvalue weighted by atomic mass is 16.6. The van der Waals surface area contributed by atoms with Crippen LogP contribution in [-0.2, 0) is 16.0 Å². The number of esters is 1. The van der Waals surface area contributed by atoms with Gasteiger partial charge in [-0.25, -0.2) is 4.79 Å². The number of ether oxygens (including phenoxy) is 10. The first-order valence-corrected chi connectivity index (χ1v) is 13.2. The van der Waals surface area contributed by atoms with Crippen LogP contribution < -0.4 is 42.6 Å². The molecule has 43 heavy (non-hydrogen) atoms. The zero-order valence-electron chi connectivity index (χ0n) is 25.5. The summed E-state index contributed by atoms with van der Waals surface area (Å²) in [6, 6.07) is 10.5. The summed E-state index contributed by atoms with van der Waals surface area (Å²) in [5, 5.41) is 0. The van der Waals surface area contributed by atoms with Gasteiger partial charge in [-0.1, -0.05) is 0 Å². The molecule has 0 saturated carbocycles. The van der Waals surface area contributed by atoms with Crippen molar-refractivity contribution in [3.05, 3.63) is 59.2 Å². The lowest BCUT2D eigenvalue weighted by molar-refractivity contribution is -0.149. The lowest BCUT2D eigenvalue weighted by Crippen LogP contribution is -2.34. The van der Waals surface area contributed by atoms with Crippen LogP contribution in [0.2, 0.25) is 0 Å². The van der Waals surface area contributed by atoms with Crippen LogP contribution in [0.4, 0.5) is 0 Å². The summed E-state index contributed by atoms with van der Waals surface area (Å²) >= 11 is 0. The topological polar surface area (TPSA) is 109 Å². The first-order valence-electron chi connectivity index (χ1n) is 13.2. The fourth-order valence-corrected chi connectivity index (χ4v) is 4.93. The van der Waals surface area contributed by atoms with Crippen LogP contribution in [0.5, 0.6) is 51.7 Å². The number of hydrogen-bond acceptors (Lipinski definition) is 11. The Bertz CT molecular complexity index is 1430. The van der Waals surface area contributed by atoms with Crippen LogP contribution >= 0.6 is 0 Å². The molecule has 2 atom stereocenters. The van der Waals surface area contributed by atoms with Gasteiger partial charge in [0.25, 0.3) is 0 Å². The zero-order valence-corrected chi connectivity index (χ0v) is 25.5. The average molecular weight is 597 g/mol. The molecule has 1 heterocycles. The van der Waals surface area contributed by atoms with E-state index in [-0.39, 0.29) is 0 Å². The molecule has 0 amide bonds. The Kier molecular flexibility index (Phi) is 9.97. The van der Waals surface area contributed by atoms with Crippen LogP contribution in [0.1, 0.15) is 22.8 Å². The molecule has 3 aromatic carbocycles. The van der Waals surface area contributed by atoms with Gasteiger partial charge in [-0.3, -0.25) is 0 Å². The van der Waals surface area contributed by atoms with E-state index in [1.54, 1.807) is 56.7 Å². The number of carbonyl (C=O) groups excluding carboxylic acids is 1. The predicted molar refractivity (Wildman–Crippen MR) is 158 cm³/mol. The SMILES string of the molecule is COc1cc(OC)c2c(c1)O[C@H](c1cc(OC)c(OC)c(OC)c1)[C@@H](OC(=O)/C=C/c1cc(OC)c(OC)c(OC)c1)C2. The second kappa shape index (κ2) is 13.8. The van der Waals surface area contributed by atoms with Gasteiger partial charge in [0.05, 0.1) is 56.9 Å². The van der Waals surface area contributed by atoms with Crippen molar-refractivity contribution in [3.63, 3.8) is 0 Å². The van der Waals surface area contributed by atoms with Crippen LogP contribution in [0, 0.1) is 0 Å². The summed E-state index contributed by atoms with van der Waals surface area (Å²) in [6.07, 6.45) is 1.73. The van der Waals surface area contributed by atoms with Crippen molar-refractivity contribution in [2.24, 2.45) is 0 Å². The quantitative estimate of drug-likeness (QED) is 0.207. The summed E-state index contributed by atoms with van der Waals surface area (Å²) in [5.41, 5.74) is 2.03. The van der Waals surface area contributed by atoms with Gasteiger partial charge in [0.2, 0.25) is 11.5 Å². The molecular formula is C32H36O11. The molecule has 4 rings (SSSR count). The number of hydrogen-bond donors (Lipinski definition) is 0. The fraction of sp³-hybridized carbons (Fsp3) is 0.344. The maximum absolute atomic E-state index is 13.2. The molecular weight excluding hydrogens is 560 g/mol. The Morgan fingerprint density at radius 1 is 0.674 bits per heavy atom. The Hall–Kier alpha value is -4.93. The van der Waals surface area contributed by atoms with Crippen molar-refractivity contribution >= 4 is 12.0 Å². The summed E-state index contributed by atoms with van der Waals surface area (Å²) in [7, 11) is 12.3. The predicted octanol–water partition coefficient (Wildman–Crippen LogP) is 5.06. The minimum Gasteiger partial charge on any atom is -0.496 e. The van der Waals surface area contributed by atoms with E-state index < -0.39 is 18.2 Å². The Morgan fingerprint density at radius 3 is 1.70 bits per heavy atom. The first kappa shape index (κ1) is 31.0. The van der Waals surface area contributed by atoms with E-state index in [4.69, 9.17) is 47.4 Å². The second-order valence-corrected chi connectivity index (χ2v) is 9.27. The van der Waals surface area contributed by atoms with E-state index >= 15 is 0 Å². The van der Waals surface area contributed by atoms with E-state index in [1.165, 1.54) is 48.7 Å². The molecule has 0 unspecified atom stereocenters. The molecule has 1 aliphatic rings. The van der Waals surface area contributed by atoms with E-state index in [0.717, 1.165) is 5.56 Å². The van der Waals surface area contributed by atoms with Crippen molar-refractivity contribution in [2.45, 2.75) is 18.6 Å². The maximum atomic E-state index is 13.2. The third-order valence-corrected chi connectivity index (χ3v) is 6.98. The molecule has 11 nitrogen and oxygen atoms in total. The zero-order chi connectivity index (χ0) is 31.1. The summed E-state index contributed by atoms with van der Waals surface area (Å²) in [6.45, 7) is 0. The third-order valence-electron chi connectivity index (χ3n) is 6.98. The van der Waals surface area contributed by atoms with Crippen LogP contribution in [0.15, 0.2) is 42.5 Å². The number of fused-ring (bicyclic) bond motifs is 1. The highest BCUT2D eigenvalue weighted by molar-refractivity contribution is 5.87. The summed E-state index contributed by atoms with van der Waals surface area (Å²) in [4.78, 5) is 13.2. The molecule has 0 fully saturated rings. The standard InChI is InChI=1S/C32H36O11/c1-34-20-15-22(35-2)21-17-28(42-29(33)10-9-18-11-24(36-3)31(40-7)25(12-18)37-4)30(43-23(21)16-20)19-13-26(38-5)32(41-8)27(14-19)39-6/h9-16,28,30H,17H2,1-8H3/b10-9+/t28-,30+/m0/s1. The Morgan fingerprint density at radius 2 is 1.21 bits per heavy atom. The van der Waals surface area contributed by atoms with E-state index in [2.05, 4.69) is 0 Å². The number of benzene rings is 3. The van der Waals surface area contributed by atoms with Gasteiger partial charge >= 0.3 is 5.97 Å². The molecule has 11 heteroatoms. The van der Waals surface area contributed by atoms with E-state index in [1.807, 2.05) is 0 Å². The Labute approximate surface area is 250 Å². The minimum atomic E-state index is -0.755. The molecule has 0 N–H and O–H groups in total. The van der Waals surface area contributed by atoms with E-state index in [0.29, 0.717) is 69.3 Å². The van der Waals surface area contributed by atoms with Crippen molar-refractivity contribution in [1.29, 1.82) is 0 Å². The monoisotopic (exact) mass is 596 g/mol. The second-order valence-electron chi connectivity index (χ2n) is 9.27. The van der Waals surface area contributed by atoms with Gasteiger partial charge in [-0.2, -0.15) is 0 Å². The highest BCUT2D eigenvalue weighted by Crippen LogP contribution is 2.47. The molecule has 0 aromatic heterocycles. The van der Waals surface area contributed by atoms with Crippen molar-refractivity contribution in [1.82, 2.24) is 0 Å². The highest BCUT2D eigenvalue weighted by Gasteiger charge is 2.37. The van der Waals surface area contributed by atoms with Gasteiger partial charge in [0, 0.05) is 35.8 Å². The lowest BCUT2D eigenvalue weighted by atomic mass is 9.93. The summed E-state index contributed by atoms with van der Waals surface area (Å²) in [5.74, 6) is 3.70. The molecule has 3 aromatic rings. The fourth-order valence-electron chi connectivity index (χ4n) is 4.93. The normalized spacial score (nSPS) is 15.5. The maximum Gasteiger partial charge on any atom is 0.331 e. The summed E-state index contributed by atoms with van der Waals surface area (Å²) < 4.78 is 56.4. The van der Waals surface area contributed by atoms with Crippen LogP contribution in [0.25, 0.3) is 6.08 Å². The van der Waals surface area contributed by atoms with Gasteiger partial charge in [-0.05, 0) is 35.9 Å². The number of methoxy groups -OCH3 is 8. The van der Waals surface area contributed by atoms with Crippen molar-refractivity contribution in [2.75, 3.05) is 56.9 Å². The average Bonchev–Trinajstić information content (AvgIpc) is 3.04. The molecule has 0 saturated heterocycles. The van der Waals surface area contributed by atoms with Crippen molar-refractivity contribution < 1.29 is 52.2 Å². The van der Waals surface area contributed by atoms with Crippen LogP contribution in [0.3, 0.4) is 0 Å². The molecule has 230 valence electrons. The molecule has 0 radical (unpaired) electrons. The largest absolute Gasteiger partial charge is 0.496 e. The van der Waals surface area contributed by atoms with Crippen LogP contribution in [-0.4, -0.2) is 69.0 Å².